The maximum absolute atomic E-state index is 13.8. The minimum atomic E-state index is -4.29. The average molecular weight is 679 g/mol. The second kappa shape index (κ2) is 19.6. The zero-order chi connectivity index (χ0) is 34.0. The first kappa shape index (κ1) is 37.5. The molecule has 0 amide bonds. The fraction of sp³-hybridized carbons (Fsp3) is 0.500. The largest absolute Gasteiger partial charge is 0.508 e. The molecule has 0 aromatic heterocycles. The van der Waals surface area contributed by atoms with Crippen molar-refractivity contribution in [2.75, 3.05) is 33.5 Å². The average Bonchev–Trinajstić information content (AvgIpc) is 3.07. The lowest BCUT2D eigenvalue weighted by molar-refractivity contribution is -1.02. The molecular formula is C32H45N3O11P+. The highest BCUT2D eigenvalue weighted by Gasteiger charge is 2.44. The first-order valence-corrected chi connectivity index (χ1v) is 17.1. The lowest BCUT2D eigenvalue weighted by Crippen LogP contribution is -2.60. The van der Waals surface area contributed by atoms with E-state index in [1.54, 1.807) is 7.05 Å². The second-order valence-corrected chi connectivity index (χ2v) is 12.6. The van der Waals surface area contributed by atoms with Gasteiger partial charge in [0.25, 0.3) is 0 Å². The zero-order valence-electron chi connectivity index (χ0n) is 27.0. The Balaban J connectivity index is 1.55. The summed E-state index contributed by atoms with van der Waals surface area (Å²) in [4.78, 5) is 41.5. The van der Waals surface area contributed by atoms with Crippen LogP contribution in [-0.2, 0) is 55.4 Å². The molecule has 0 saturated heterocycles. The molecule has 1 saturated carbocycles. The van der Waals surface area contributed by atoms with Crippen LogP contribution in [0.1, 0.15) is 63.0 Å². The molecule has 0 radical (unpaired) electrons. The first-order chi connectivity index (χ1) is 22.6. The van der Waals surface area contributed by atoms with Gasteiger partial charge in [-0.2, -0.15) is 0 Å². The predicted molar refractivity (Wildman–Crippen MR) is 170 cm³/mol. The number of nitrogens with two attached hydrogens (primary N) is 1. The third-order valence-electron chi connectivity index (χ3n) is 7.19. The normalized spacial score (nSPS) is 15.2. The van der Waals surface area contributed by atoms with Crippen molar-refractivity contribution in [3.05, 3.63) is 71.8 Å². The van der Waals surface area contributed by atoms with Crippen LogP contribution in [-0.4, -0.2) is 68.4 Å². The molecule has 1 unspecified atom stereocenters. The van der Waals surface area contributed by atoms with Gasteiger partial charge in [0.1, 0.15) is 26.3 Å². The highest BCUT2D eigenvalue weighted by molar-refractivity contribution is 7.52. The van der Waals surface area contributed by atoms with Crippen molar-refractivity contribution in [2.45, 2.75) is 71.1 Å². The maximum Gasteiger partial charge on any atom is 0.508 e. The molecule has 1 fully saturated rings. The fourth-order valence-corrected chi connectivity index (χ4v) is 6.10. The monoisotopic (exact) mass is 678 g/mol. The van der Waals surface area contributed by atoms with Crippen LogP contribution in [0.2, 0.25) is 0 Å². The summed E-state index contributed by atoms with van der Waals surface area (Å²) in [6.07, 6.45) is 2.87. The van der Waals surface area contributed by atoms with Crippen molar-refractivity contribution in [1.82, 2.24) is 0 Å². The van der Waals surface area contributed by atoms with E-state index in [1.165, 1.54) is 6.92 Å². The Morgan fingerprint density at radius 2 is 1.23 bits per heavy atom. The Hall–Kier alpha value is -3.97. The smallest absolute Gasteiger partial charge is 0.434 e. The van der Waals surface area contributed by atoms with Gasteiger partial charge >= 0.3 is 32.0 Å². The van der Waals surface area contributed by atoms with Gasteiger partial charge in [0.2, 0.25) is 0 Å². The summed E-state index contributed by atoms with van der Waals surface area (Å²) in [5, 5.41) is 0. The van der Waals surface area contributed by atoms with Crippen LogP contribution in [0, 0.1) is 0 Å². The molecule has 0 heterocycles. The lowest BCUT2D eigenvalue weighted by atomic mass is 9.94. The van der Waals surface area contributed by atoms with Crippen molar-refractivity contribution in [2.24, 2.45) is 10.5 Å². The molecule has 2 aromatic rings. The van der Waals surface area contributed by atoms with Crippen LogP contribution in [0.4, 0.5) is 9.59 Å². The van der Waals surface area contributed by atoms with Gasteiger partial charge in [-0.1, -0.05) is 71.7 Å². The van der Waals surface area contributed by atoms with Crippen molar-refractivity contribution < 1.29 is 56.4 Å². The van der Waals surface area contributed by atoms with Crippen LogP contribution in [0.3, 0.4) is 0 Å². The van der Waals surface area contributed by atoms with Gasteiger partial charge in [-0.3, -0.25) is 13.9 Å². The van der Waals surface area contributed by atoms with Crippen LogP contribution >= 0.6 is 7.75 Å². The Bertz CT molecular complexity index is 1270. The molecule has 0 aliphatic heterocycles. The predicted octanol–water partition coefficient (Wildman–Crippen LogP) is 6.19. The van der Waals surface area contributed by atoms with E-state index in [0.29, 0.717) is 0 Å². The molecule has 1 atom stereocenters. The van der Waals surface area contributed by atoms with Gasteiger partial charge in [0, 0.05) is 32.6 Å². The summed E-state index contributed by atoms with van der Waals surface area (Å²) >= 11 is 0. The summed E-state index contributed by atoms with van der Waals surface area (Å²) in [6.45, 7) is 0.842. The van der Waals surface area contributed by atoms with Gasteiger partial charge in [0.15, 0.2) is 0 Å². The van der Waals surface area contributed by atoms with Gasteiger partial charge in [-0.15, -0.1) is 4.76 Å². The van der Waals surface area contributed by atoms with Crippen LogP contribution in [0.5, 0.6) is 0 Å². The number of carbonyl (C=O) groups is 3. The van der Waals surface area contributed by atoms with Gasteiger partial charge < -0.3 is 24.7 Å². The number of benzene rings is 2. The Kier molecular flexibility index (Phi) is 15.7. The molecule has 14 nitrogen and oxygen atoms in total. The van der Waals surface area contributed by atoms with E-state index in [0.717, 1.165) is 43.2 Å². The number of hydroxylamine groups is 3. The summed E-state index contributed by atoms with van der Waals surface area (Å²) < 4.78 is 48.9. The van der Waals surface area contributed by atoms with Crippen LogP contribution in [0.15, 0.2) is 65.4 Å². The summed E-state index contributed by atoms with van der Waals surface area (Å²) in [5.74, 6) is -0.836. The van der Waals surface area contributed by atoms with Gasteiger partial charge in [-0.25, -0.2) is 18.9 Å². The number of quaternary nitrogens is 1. The third kappa shape index (κ3) is 13.7. The van der Waals surface area contributed by atoms with E-state index in [4.69, 9.17) is 38.6 Å². The van der Waals surface area contributed by atoms with E-state index in [2.05, 4.69) is 4.76 Å². The van der Waals surface area contributed by atoms with Crippen molar-refractivity contribution in [3.8, 4) is 0 Å². The van der Waals surface area contributed by atoms with Crippen LogP contribution in [0.25, 0.3) is 0 Å². The number of ether oxygens (including phenoxy) is 4. The number of hydrogen-bond donors (Lipinski definition) is 1. The lowest BCUT2D eigenvalue weighted by Gasteiger charge is -2.37. The Morgan fingerprint density at radius 1 is 0.766 bits per heavy atom. The topological polar surface area (TPSA) is 171 Å². The molecule has 1 aliphatic rings. The Labute approximate surface area is 275 Å². The number of rotatable bonds is 16. The van der Waals surface area contributed by atoms with E-state index in [9.17, 15) is 18.9 Å². The van der Waals surface area contributed by atoms with Gasteiger partial charge in [0.05, 0.1) is 26.4 Å². The van der Waals surface area contributed by atoms with E-state index < -0.39 is 30.7 Å². The molecule has 0 spiro atoms. The quantitative estimate of drug-likeness (QED) is 0.0407. The molecular weight excluding hydrogens is 633 g/mol. The molecule has 15 heteroatoms. The Morgan fingerprint density at radius 3 is 1.68 bits per heavy atom. The molecule has 3 rings (SSSR count). The molecule has 47 heavy (non-hydrogen) atoms. The zero-order valence-corrected chi connectivity index (χ0v) is 27.8. The van der Waals surface area contributed by atoms with E-state index in [-0.39, 0.29) is 64.5 Å². The number of carbonyl (C=O) groups excluding carboxylic acids is 3. The fourth-order valence-electron chi connectivity index (χ4n) is 4.76. The minimum absolute atomic E-state index is 0.0576. The summed E-state index contributed by atoms with van der Waals surface area (Å²) in [5.41, 5.74) is 7.98. The SMILES string of the molecule is CC(=O)O[N+](C)(C(N)=NP(=O)(OCCCOC(=O)OCc1ccccc1)OCCCOC(=O)OCc1ccccc1)C1CCCCC1. The second-order valence-electron chi connectivity index (χ2n) is 10.9. The summed E-state index contributed by atoms with van der Waals surface area (Å²) in [7, 11) is -2.70. The van der Waals surface area contributed by atoms with E-state index >= 15 is 0 Å². The molecule has 0 bridgehead atoms. The minimum Gasteiger partial charge on any atom is -0.434 e. The third-order valence-corrected chi connectivity index (χ3v) is 8.66. The standard InChI is InChI=1S/C32H45N3O11P/c1-26(36)46-35(2,29-18-10-5-11-19-29)30(33)34-47(39,44-22-12-20-40-31(37)42-24-27-14-6-3-7-15-27)45-23-13-21-41-32(38)43-25-28-16-8-4-9-17-28/h3-4,6-9,14-17,29H,5,10-13,18-25H2,1-2H3,(H2,33,34,39)/q+1. The van der Waals surface area contributed by atoms with Crippen molar-refractivity contribution >= 4 is 32.0 Å². The number of hydrogen-bond acceptors (Lipinski definition) is 11. The van der Waals surface area contributed by atoms with Gasteiger partial charge in [-0.05, 0) is 24.0 Å². The molecule has 1 aliphatic carbocycles. The molecule has 2 N–H and O–H groups in total. The number of nitrogens with zero attached hydrogens (tertiary/aromatic N) is 2. The maximum atomic E-state index is 13.8. The highest BCUT2D eigenvalue weighted by Crippen LogP contribution is 2.50. The molecule has 258 valence electrons. The molecule has 2 aromatic carbocycles. The van der Waals surface area contributed by atoms with Crippen LogP contribution < -0.4 is 5.73 Å². The number of guanidine groups is 1. The van der Waals surface area contributed by atoms with E-state index in [1.807, 2.05) is 60.7 Å². The van der Waals surface area contributed by atoms with Crippen molar-refractivity contribution in [3.63, 3.8) is 0 Å². The first-order valence-electron chi connectivity index (χ1n) is 15.6. The summed E-state index contributed by atoms with van der Waals surface area (Å²) in [6, 6.07) is 18.1. The highest BCUT2D eigenvalue weighted by atomic mass is 31.2. The van der Waals surface area contributed by atoms with Crippen molar-refractivity contribution in [1.29, 1.82) is 0 Å².